The van der Waals surface area contributed by atoms with Crippen molar-refractivity contribution in [2.45, 2.75) is 37.3 Å². The fourth-order valence-electron chi connectivity index (χ4n) is 2.90. The standard InChI is InChI=1S/C13H18N2S2/c1-7(2)13(8(3)4)6-16-12-10(13)9(5-14)11(15)17-12/h7-8H,6,15H2,1-4H3. The molecule has 2 heterocycles. The van der Waals surface area contributed by atoms with Gasteiger partial charge in [-0.1, -0.05) is 27.7 Å². The smallest absolute Gasteiger partial charge is 0.105 e. The molecule has 0 saturated heterocycles. The summed E-state index contributed by atoms with van der Waals surface area (Å²) < 4.78 is 1.27. The predicted molar refractivity (Wildman–Crippen MR) is 75.5 cm³/mol. The van der Waals surface area contributed by atoms with E-state index in [2.05, 4.69) is 33.8 Å². The van der Waals surface area contributed by atoms with Crippen molar-refractivity contribution in [3.63, 3.8) is 0 Å². The number of nitriles is 1. The summed E-state index contributed by atoms with van der Waals surface area (Å²) in [5, 5.41) is 10.0. The molecule has 1 aromatic heterocycles. The fourth-order valence-corrected chi connectivity index (χ4v) is 6.04. The third kappa shape index (κ3) is 1.60. The Balaban J connectivity index is 2.69. The quantitative estimate of drug-likeness (QED) is 0.884. The SMILES string of the molecule is CC(C)C1(C(C)C)CSc2sc(N)c(C#N)c21. The van der Waals surface area contributed by atoms with E-state index in [0.717, 1.165) is 11.3 Å². The van der Waals surface area contributed by atoms with Crippen molar-refractivity contribution in [3.05, 3.63) is 11.1 Å². The molecule has 0 saturated carbocycles. The van der Waals surface area contributed by atoms with Gasteiger partial charge in [-0.05, 0) is 11.8 Å². The summed E-state index contributed by atoms with van der Waals surface area (Å²) in [5.74, 6) is 2.13. The molecule has 4 heteroatoms. The monoisotopic (exact) mass is 266 g/mol. The number of nitrogen functional groups attached to an aromatic ring is 1. The van der Waals surface area contributed by atoms with Gasteiger partial charge in [-0.15, -0.1) is 23.1 Å². The molecule has 1 aliphatic heterocycles. The van der Waals surface area contributed by atoms with Gasteiger partial charge in [-0.2, -0.15) is 5.26 Å². The first kappa shape index (κ1) is 12.8. The molecule has 0 atom stereocenters. The topological polar surface area (TPSA) is 49.8 Å². The molecule has 17 heavy (non-hydrogen) atoms. The third-order valence-electron chi connectivity index (χ3n) is 3.98. The largest absolute Gasteiger partial charge is 0.389 e. The summed E-state index contributed by atoms with van der Waals surface area (Å²) in [4.78, 5) is 0. The molecular formula is C13H18N2S2. The summed E-state index contributed by atoms with van der Waals surface area (Å²) in [5.41, 5.74) is 8.04. The van der Waals surface area contributed by atoms with Gasteiger partial charge in [0.2, 0.25) is 0 Å². The molecule has 2 nitrogen and oxygen atoms in total. The van der Waals surface area contributed by atoms with E-state index in [1.165, 1.54) is 9.77 Å². The van der Waals surface area contributed by atoms with Crippen LogP contribution in [0.3, 0.4) is 0 Å². The molecule has 0 spiro atoms. The molecule has 0 unspecified atom stereocenters. The summed E-state index contributed by atoms with van der Waals surface area (Å²) in [6.07, 6.45) is 0. The highest BCUT2D eigenvalue weighted by Gasteiger charge is 2.47. The van der Waals surface area contributed by atoms with Gasteiger partial charge >= 0.3 is 0 Å². The van der Waals surface area contributed by atoms with Gasteiger partial charge < -0.3 is 5.73 Å². The maximum Gasteiger partial charge on any atom is 0.105 e. The van der Waals surface area contributed by atoms with E-state index in [0.29, 0.717) is 16.8 Å². The van der Waals surface area contributed by atoms with Crippen molar-refractivity contribution in [1.29, 1.82) is 5.26 Å². The molecule has 2 rings (SSSR count). The Morgan fingerprint density at radius 2 is 1.88 bits per heavy atom. The maximum absolute atomic E-state index is 9.33. The first-order valence-corrected chi connectivity index (χ1v) is 7.71. The summed E-state index contributed by atoms with van der Waals surface area (Å²) in [6, 6.07) is 2.31. The number of anilines is 1. The van der Waals surface area contributed by atoms with Gasteiger partial charge in [0.1, 0.15) is 11.1 Å². The van der Waals surface area contributed by atoms with Crippen LogP contribution in [-0.2, 0) is 5.41 Å². The number of rotatable bonds is 2. The number of nitrogens with zero attached hydrogens (tertiary/aromatic N) is 1. The second-order valence-electron chi connectivity index (χ2n) is 5.25. The molecule has 92 valence electrons. The number of thiophene rings is 1. The van der Waals surface area contributed by atoms with Crippen LogP contribution >= 0.6 is 23.1 Å². The summed E-state index contributed by atoms with van der Waals surface area (Å²) in [6.45, 7) is 9.02. The molecule has 0 aliphatic carbocycles. The predicted octanol–water partition coefficient (Wildman–Crippen LogP) is 3.86. The van der Waals surface area contributed by atoms with Gasteiger partial charge in [0.25, 0.3) is 0 Å². The lowest BCUT2D eigenvalue weighted by Gasteiger charge is -2.38. The van der Waals surface area contributed by atoms with Crippen molar-refractivity contribution >= 4 is 28.1 Å². The number of hydrogen-bond acceptors (Lipinski definition) is 4. The van der Waals surface area contributed by atoms with E-state index in [1.54, 1.807) is 11.3 Å². The van der Waals surface area contributed by atoms with Gasteiger partial charge in [-0.3, -0.25) is 0 Å². The number of nitrogens with two attached hydrogens (primary N) is 1. The number of thioether (sulfide) groups is 1. The normalized spacial score (nSPS) is 17.5. The van der Waals surface area contributed by atoms with Crippen molar-refractivity contribution in [1.82, 2.24) is 0 Å². The maximum atomic E-state index is 9.33. The highest BCUT2D eigenvalue weighted by atomic mass is 32.2. The highest BCUT2D eigenvalue weighted by Crippen LogP contribution is 2.57. The van der Waals surface area contributed by atoms with E-state index >= 15 is 0 Å². The molecule has 1 aromatic rings. The molecule has 0 radical (unpaired) electrons. The molecule has 0 bridgehead atoms. The lowest BCUT2D eigenvalue weighted by Crippen LogP contribution is -2.38. The van der Waals surface area contributed by atoms with E-state index in [4.69, 9.17) is 5.73 Å². The van der Waals surface area contributed by atoms with Crippen LogP contribution in [0.4, 0.5) is 5.00 Å². The first-order chi connectivity index (χ1) is 7.95. The zero-order valence-electron chi connectivity index (χ0n) is 10.7. The minimum Gasteiger partial charge on any atom is -0.389 e. The Morgan fingerprint density at radius 1 is 1.29 bits per heavy atom. The van der Waals surface area contributed by atoms with Crippen LogP contribution in [-0.4, -0.2) is 5.75 Å². The second-order valence-corrected chi connectivity index (χ2v) is 7.55. The number of hydrogen-bond donors (Lipinski definition) is 1. The van der Waals surface area contributed by atoms with Crippen LogP contribution in [0.5, 0.6) is 0 Å². The van der Waals surface area contributed by atoms with Crippen LogP contribution in [0.25, 0.3) is 0 Å². The second kappa shape index (κ2) is 4.22. The van der Waals surface area contributed by atoms with E-state index in [1.807, 2.05) is 11.8 Å². The van der Waals surface area contributed by atoms with Crippen molar-refractivity contribution < 1.29 is 0 Å². The molecular weight excluding hydrogens is 248 g/mol. The Bertz CT molecular complexity index is 472. The lowest BCUT2D eigenvalue weighted by molar-refractivity contribution is 0.253. The van der Waals surface area contributed by atoms with Crippen LogP contribution in [0.15, 0.2) is 4.21 Å². The molecule has 0 amide bonds. The van der Waals surface area contributed by atoms with Crippen LogP contribution in [0.1, 0.15) is 38.8 Å². The zero-order valence-corrected chi connectivity index (χ0v) is 12.3. The van der Waals surface area contributed by atoms with Gasteiger partial charge in [0, 0.05) is 16.7 Å². The highest BCUT2D eigenvalue weighted by molar-refractivity contribution is 8.01. The van der Waals surface area contributed by atoms with Crippen LogP contribution in [0, 0.1) is 23.2 Å². The Kier molecular flexibility index (Phi) is 3.17. The summed E-state index contributed by atoms with van der Waals surface area (Å²) >= 11 is 3.45. The number of fused-ring (bicyclic) bond motifs is 1. The molecule has 1 aliphatic rings. The van der Waals surface area contributed by atoms with Crippen LogP contribution in [0.2, 0.25) is 0 Å². The first-order valence-electron chi connectivity index (χ1n) is 5.90. The van der Waals surface area contributed by atoms with Crippen molar-refractivity contribution in [3.8, 4) is 6.07 Å². The average Bonchev–Trinajstić information content (AvgIpc) is 2.73. The molecule has 0 aromatic carbocycles. The van der Waals surface area contributed by atoms with Gasteiger partial charge in [0.15, 0.2) is 0 Å². The van der Waals surface area contributed by atoms with E-state index in [9.17, 15) is 5.26 Å². The van der Waals surface area contributed by atoms with Crippen molar-refractivity contribution in [2.75, 3.05) is 11.5 Å². The molecule has 2 N–H and O–H groups in total. The van der Waals surface area contributed by atoms with Gasteiger partial charge in [-0.25, -0.2) is 0 Å². The summed E-state index contributed by atoms with van der Waals surface area (Å²) in [7, 11) is 0. The Morgan fingerprint density at radius 3 is 2.35 bits per heavy atom. The fraction of sp³-hybridized carbons (Fsp3) is 0.615. The lowest BCUT2D eigenvalue weighted by atomic mass is 9.66. The van der Waals surface area contributed by atoms with E-state index < -0.39 is 0 Å². The average molecular weight is 266 g/mol. The molecule has 0 fully saturated rings. The van der Waals surface area contributed by atoms with Gasteiger partial charge in [0.05, 0.1) is 9.77 Å². The Hall–Kier alpha value is -0.660. The minimum absolute atomic E-state index is 0.110. The van der Waals surface area contributed by atoms with Crippen LogP contribution < -0.4 is 5.73 Å². The minimum atomic E-state index is 0.110. The Labute approximate surface area is 111 Å². The van der Waals surface area contributed by atoms with Crippen molar-refractivity contribution in [2.24, 2.45) is 11.8 Å². The van der Waals surface area contributed by atoms with E-state index in [-0.39, 0.29) is 5.41 Å². The third-order valence-corrected chi connectivity index (χ3v) is 6.49. The zero-order chi connectivity index (χ0) is 12.8.